The van der Waals surface area contributed by atoms with E-state index >= 15 is 0 Å². The van der Waals surface area contributed by atoms with Gasteiger partial charge in [0.15, 0.2) is 0 Å². The Hall–Kier alpha value is -1.85. The number of hydrogen-bond acceptors (Lipinski definition) is 6. The first kappa shape index (κ1) is 11.2. The molecule has 6 heteroatoms. The van der Waals surface area contributed by atoms with Crippen molar-refractivity contribution in [1.82, 2.24) is 0 Å². The molecule has 0 heterocycles. The molecule has 0 saturated heterocycles. The van der Waals surface area contributed by atoms with E-state index in [1.165, 1.54) is 0 Å². The molecule has 0 aliphatic rings. The lowest BCUT2D eigenvalue weighted by Gasteiger charge is -2.08. The molecule has 0 bridgehead atoms. The zero-order valence-corrected chi connectivity index (χ0v) is 6.73. The Morgan fingerprint density at radius 2 is 1.85 bits per heavy atom. The summed E-state index contributed by atoms with van der Waals surface area (Å²) in [4.78, 5) is 30.7. The molecule has 0 amide bonds. The van der Waals surface area contributed by atoms with Gasteiger partial charge in [-0.25, -0.2) is 4.79 Å². The second-order valence-corrected chi connectivity index (χ2v) is 2.03. The molecule has 0 atom stereocenters. The van der Waals surface area contributed by atoms with Gasteiger partial charge in [0.25, 0.3) is 0 Å². The van der Waals surface area contributed by atoms with Crippen molar-refractivity contribution in [3.8, 4) is 0 Å². The second-order valence-electron chi connectivity index (χ2n) is 2.03. The van der Waals surface area contributed by atoms with E-state index in [4.69, 9.17) is 0 Å². The normalized spacial score (nSPS) is 10.7. The topological polar surface area (TPSA) is 107 Å². The first-order valence-electron chi connectivity index (χ1n) is 3.17. The molecule has 0 aliphatic carbocycles. The van der Waals surface area contributed by atoms with Crippen molar-refractivity contribution < 1.29 is 29.3 Å². The summed E-state index contributed by atoms with van der Waals surface area (Å²) in [5.41, 5.74) is -0.688. The summed E-state index contributed by atoms with van der Waals surface area (Å²) in [6.45, 7) is 0. The molecule has 0 aliphatic heterocycles. The summed E-state index contributed by atoms with van der Waals surface area (Å²) in [5, 5.41) is 20.2. The van der Waals surface area contributed by atoms with E-state index in [1.807, 2.05) is 0 Å². The van der Waals surface area contributed by atoms with Gasteiger partial charge in [0.1, 0.15) is 0 Å². The van der Waals surface area contributed by atoms with Gasteiger partial charge in [-0.05, 0) is 5.57 Å². The first-order chi connectivity index (χ1) is 5.97. The van der Waals surface area contributed by atoms with Crippen LogP contribution in [-0.2, 0) is 19.1 Å². The minimum Gasteiger partial charge on any atom is -0.550 e. The Morgan fingerprint density at radius 3 is 2.15 bits per heavy atom. The monoisotopic (exact) mass is 186 g/mol. The smallest absolute Gasteiger partial charge is 0.330 e. The number of carbonyl (C=O) groups excluding carboxylic acids is 3. The van der Waals surface area contributed by atoms with Crippen LogP contribution in [0.15, 0.2) is 11.6 Å². The standard InChI is InChI=1S/C7H8O6/c1-13-6(10)3-4(7(11)12)2-5(8)9/h3H,2H2,1H3,(H,8,9)(H,11,12)/p-2/b4-3-. The van der Waals surface area contributed by atoms with Gasteiger partial charge < -0.3 is 24.5 Å². The van der Waals surface area contributed by atoms with Crippen molar-refractivity contribution in [2.75, 3.05) is 7.11 Å². The van der Waals surface area contributed by atoms with E-state index in [1.54, 1.807) is 0 Å². The van der Waals surface area contributed by atoms with E-state index in [2.05, 4.69) is 4.74 Å². The van der Waals surface area contributed by atoms with Crippen LogP contribution in [0.25, 0.3) is 0 Å². The van der Waals surface area contributed by atoms with Crippen LogP contribution in [0.3, 0.4) is 0 Å². The maximum absolute atomic E-state index is 10.5. The molecule has 0 spiro atoms. The highest BCUT2D eigenvalue weighted by Gasteiger charge is 2.03. The quantitative estimate of drug-likeness (QED) is 0.341. The van der Waals surface area contributed by atoms with Crippen molar-refractivity contribution in [1.29, 1.82) is 0 Å². The van der Waals surface area contributed by atoms with Gasteiger partial charge in [0.05, 0.1) is 13.1 Å². The average molecular weight is 186 g/mol. The molecule has 72 valence electrons. The summed E-state index contributed by atoms with van der Waals surface area (Å²) in [6, 6.07) is 0. The molecule has 0 unspecified atom stereocenters. The van der Waals surface area contributed by atoms with Crippen molar-refractivity contribution >= 4 is 17.9 Å². The summed E-state index contributed by atoms with van der Waals surface area (Å²) in [5.74, 6) is -4.31. The average Bonchev–Trinajstić information content (AvgIpc) is 2.02. The van der Waals surface area contributed by atoms with Crippen LogP contribution in [0, 0.1) is 0 Å². The van der Waals surface area contributed by atoms with E-state index in [0.29, 0.717) is 6.08 Å². The fraction of sp³-hybridized carbons (Fsp3) is 0.286. The Kier molecular flexibility index (Phi) is 4.21. The third kappa shape index (κ3) is 4.57. The molecule has 0 saturated carbocycles. The van der Waals surface area contributed by atoms with Gasteiger partial charge >= 0.3 is 5.97 Å². The maximum Gasteiger partial charge on any atom is 0.330 e. The Labute approximate surface area is 73.4 Å². The molecular weight excluding hydrogens is 180 g/mol. The molecular formula is C7H6O6-2. The Bertz CT molecular complexity index is 264. The van der Waals surface area contributed by atoms with Gasteiger partial charge in [-0.1, -0.05) is 0 Å². The van der Waals surface area contributed by atoms with Crippen molar-refractivity contribution in [3.05, 3.63) is 11.6 Å². The van der Waals surface area contributed by atoms with E-state index < -0.39 is 29.9 Å². The summed E-state index contributed by atoms with van der Waals surface area (Å²) in [6.07, 6.45) is -0.359. The summed E-state index contributed by atoms with van der Waals surface area (Å²) in [7, 11) is 1.03. The summed E-state index contributed by atoms with van der Waals surface area (Å²) < 4.78 is 4.09. The van der Waals surface area contributed by atoms with Gasteiger partial charge in [0.2, 0.25) is 0 Å². The Morgan fingerprint density at radius 1 is 1.31 bits per heavy atom. The number of rotatable bonds is 4. The number of aliphatic carboxylic acids is 2. The van der Waals surface area contributed by atoms with Crippen LogP contribution in [0.5, 0.6) is 0 Å². The molecule has 13 heavy (non-hydrogen) atoms. The number of carboxylic acids is 2. The molecule has 0 aromatic rings. The van der Waals surface area contributed by atoms with Gasteiger partial charge in [0, 0.05) is 18.5 Å². The second kappa shape index (κ2) is 4.91. The molecule has 0 radical (unpaired) electrons. The SMILES string of the molecule is COC(=O)/C=C(/CC(=O)[O-])C(=O)[O-]. The highest BCUT2D eigenvalue weighted by Crippen LogP contribution is 1.99. The van der Waals surface area contributed by atoms with Gasteiger partial charge in [-0.3, -0.25) is 0 Å². The third-order valence-corrected chi connectivity index (χ3v) is 1.09. The van der Waals surface area contributed by atoms with Crippen LogP contribution >= 0.6 is 0 Å². The lowest BCUT2D eigenvalue weighted by molar-refractivity contribution is -0.309. The number of methoxy groups -OCH3 is 1. The Balaban J connectivity index is 4.60. The number of ether oxygens (including phenoxy) is 1. The molecule has 0 N–H and O–H groups in total. The van der Waals surface area contributed by atoms with Crippen LogP contribution in [0.2, 0.25) is 0 Å². The molecule has 0 rings (SSSR count). The fourth-order valence-electron chi connectivity index (χ4n) is 0.539. The zero-order chi connectivity index (χ0) is 10.4. The first-order valence-corrected chi connectivity index (χ1v) is 3.17. The number of hydrogen-bond donors (Lipinski definition) is 0. The molecule has 0 aromatic heterocycles. The van der Waals surface area contributed by atoms with Crippen LogP contribution in [0.1, 0.15) is 6.42 Å². The lowest BCUT2D eigenvalue weighted by atomic mass is 10.2. The van der Waals surface area contributed by atoms with Crippen LogP contribution in [-0.4, -0.2) is 25.0 Å². The predicted molar refractivity (Wildman–Crippen MR) is 34.7 cm³/mol. The third-order valence-electron chi connectivity index (χ3n) is 1.09. The van der Waals surface area contributed by atoms with Crippen molar-refractivity contribution in [2.45, 2.75) is 6.42 Å². The van der Waals surface area contributed by atoms with E-state index in [-0.39, 0.29) is 0 Å². The fourth-order valence-corrected chi connectivity index (χ4v) is 0.539. The highest BCUT2D eigenvalue weighted by atomic mass is 16.5. The zero-order valence-electron chi connectivity index (χ0n) is 6.73. The van der Waals surface area contributed by atoms with E-state index in [0.717, 1.165) is 7.11 Å². The van der Waals surface area contributed by atoms with Gasteiger partial charge in [-0.15, -0.1) is 0 Å². The van der Waals surface area contributed by atoms with Crippen molar-refractivity contribution in [3.63, 3.8) is 0 Å². The van der Waals surface area contributed by atoms with Crippen molar-refractivity contribution in [2.24, 2.45) is 0 Å². The maximum atomic E-state index is 10.5. The predicted octanol–water partition coefficient (Wildman–Crippen LogP) is -3.02. The minimum absolute atomic E-state index is 0.533. The highest BCUT2D eigenvalue weighted by molar-refractivity contribution is 5.97. The van der Waals surface area contributed by atoms with Gasteiger partial charge in [-0.2, -0.15) is 0 Å². The van der Waals surface area contributed by atoms with Crippen LogP contribution < -0.4 is 10.2 Å². The summed E-state index contributed by atoms with van der Waals surface area (Å²) >= 11 is 0. The number of carboxylic acid groups (broad SMARTS) is 2. The lowest BCUT2D eigenvalue weighted by Crippen LogP contribution is -2.30. The van der Waals surface area contributed by atoms with Crippen LogP contribution in [0.4, 0.5) is 0 Å². The largest absolute Gasteiger partial charge is 0.550 e. The van der Waals surface area contributed by atoms with E-state index in [9.17, 15) is 24.6 Å². The number of esters is 1. The molecule has 0 fully saturated rings. The minimum atomic E-state index is -1.74. The number of carbonyl (C=O) groups is 3. The molecule has 0 aromatic carbocycles. The molecule has 6 nitrogen and oxygen atoms in total.